The Bertz CT molecular complexity index is 780. The van der Waals surface area contributed by atoms with Crippen LogP contribution in [0.3, 0.4) is 0 Å². The Morgan fingerprint density at radius 1 is 1.11 bits per heavy atom. The summed E-state index contributed by atoms with van der Waals surface area (Å²) in [5.74, 6) is -0.0331. The van der Waals surface area contributed by atoms with E-state index in [2.05, 4.69) is 19.3 Å². The van der Waals surface area contributed by atoms with Gasteiger partial charge in [-0.2, -0.15) is 4.31 Å². The smallest absolute Gasteiger partial charge is 0.265 e. The topological polar surface area (TPSA) is 79.0 Å². The fraction of sp³-hybridized carbons (Fsp3) is 0.632. The zero-order chi connectivity index (χ0) is 19.6. The first-order valence-corrected chi connectivity index (χ1v) is 11.1. The maximum Gasteiger partial charge on any atom is 0.265 e. The van der Waals surface area contributed by atoms with Gasteiger partial charge in [0.2, 0.25) is 10.0 Å². The molecule has 27 heavy (non-hydrogen) atoms. The lowest BCUT2D eigenvalue weighted by atomic mass is 10.00. The van der Waals surface area contributed by atoms with Crippen LogP contribution in [0.25, 0.3) is 0 Å². The molecule has 2 atom stereocenters. The van der Waals surface area contributed by atoms with Crippen molar-refractivity contribution in [2.45, 2.75) is 62.9 Å². The Morgan fingerprint density at radius 2 is 1.74 bits per heavy atom. The van der Waals surface area contributed by atoms with Crippen molar-refractivity contribution in [2.24, 2.45) is 0 Å². The van der Waals surface area contributed by atoms with Gasteiger partial charge < -0.3 is 4.74 Å². The first-order chi connectivity index (χ1) is 12.8. The molecular weight excluding hydrogens is 366 g/mol. The maximum absolute atomic E-state index is 13.0. The van der Waals surface area contributed by atoms with Gasteiger partial charge in [0.15, 0.2) is 0 Å². The van der Waals surface area contributed by atoms with E-state index in [1.165, 1.54) is 17.5 Å². The monoisotopic (exact) mass is 395 g/mol. The second-order valence-electron chi connectivity index (χ2n) is 7.45. The van der Waals surface area contributed by atoms with Crippen molar-refractivity contribution in [3.63, 3.8) is 0 Å². The van der Waals surface area contributed by atoms with Crippen LogP contribution in [0, 0.1) is 0 Å². The molecular formula is C19H29N3O4S. The average Bonchev–Trinajstić information content (AvgIpc) is 3.20. The number of sulfonamides is 1. The van der Waals surface area contributed by atoms with Gasteiger partial charge in [0.25, 0.3) is 5.91 Å². The summed E-state index contributed by atoms with van der Waals surface area (Å²) in [5.41, 5.74) is 3.28. The van der Waals surface area contributed by atoms with E-state index in [4.69, 9.17) is 4.74 Å². The maximum atomic E-state index is 13.0. The SMILES string of the molecule is COc1ccc(C(=O)NN2[C@@H](C)CCC[C@@H]2C)cc1S(=O)(=O)N1CCCC1. The number of ether oxygens (including phenoxy) is 1. The number of hydrogen-bond donors (Lipinski definition) is 1. The molecule has 7 nitrogen and oxygen atoms in total. The van der Waals surface area contributed by atoms with Gasteiger partial charge in [0.05, 0.1) is 7.11 Å². The molecule has 1 aromatic rings. The van der Waals surface area contributed by atoms with E-state index < -0.39 is 10.0 Å². The summed E-state index contributed by atoms with van der Waals surface area (Å²) in [6.07, 6.45) is 4.91. The molecule has 2 heterocycles. The minimum atomic E-state index is -3.68. The largest absolute Gasteiger partial charge is 0.495 e. The van der Waals surface area contributed by atoms with Crippen molar-refractivity contribution < 1.29 is 17.9 Å². The predicted octanol–water partition coefficient (Wildman–Crippen LogP) is 2.39. The number of nitrogens with zero attached hydrogens (tertiary/aromatic N) is 2. The molecule has 1 N–H and O–H groups in total. The molecule has 2 fully saturated rings. The number of amides is 1. The summed E-state index contributed by atoms with van der Waals surface area (Å²) in [6, 6.07) is 5.10. The van der Waals surface area contributed by atoms with Crippen LogP contribution in [0.1, 0.15) is 56.3 Å². The van der Waals surface area contributed by atoms with E-state index >= 15 is 0 Å². The number of hydrogen-bond acceptors (Lipinski definition) is 5. The molecule has 0 bridgehead atoms. The molecule has 8 heteroatoms. The lowest BCUT2D eigenvalue weighted by Crippen LogP contribution is -2.54. The lowest BCUT2D eigenvalue weighted by molar-refractivity contribution is 0.0369. The fourth-order valence-corrected chi connectivity index (χ4v) is 5.61. The fourth-order valence-electron chi connectivity index (χ4n) is 3.91. The van der Waals surface area contributed by atoms with Crippen LogP contribution < -0.4 is 10.2 Å². The van der Waals surface area contributed by atoms with E-state index in [-0.39, 0.29) is 28.6 Å². The van der Waals surface area contributed by atoms with Gasteiger partial charge in [-0.05, 0) is 57.7 Å². The van der Waals surface area contributed by atoms with E-state index in [0.717, 1.165) is 32.1 Å². The number of hydrazine groups is 1. The highest BCUT2D eigenvalue weighted by atomic mass is 32.2. The number of carbonyl (C=O) groups excluding carboxylic acids is 1. The third-order valence-corrected chi connectivity index (χ3v) is 7.45. The Kier molecular flexibility index (Phi) is 6.08. The van der Waals surface area contributed by atoms with Crippen LogP contribution in [-0.4, -0.2) is 55.9 Å². The standard InChI is InChI=1S/C19H29N3O4S/c1-14-7-6-8-15(2)22(14)20-19(23)16-9-10-17(26-3)18(13-16)27(24,25)21-11-4-5-12-21/h9-10,13-15H,4-8,11-12H2,1-3H3,(H,20,23)/t14-,15-/m0/s1. The molecule has 0 aromatic heterocycles. The molecule has 1 amide bonds. The highest BCUT2D eigenvalue weighted by Gasteiger charge is 2.31. The minimum absolute atomic E-state index is 0.0549. The molecule has 0 spiro atoms. The number of methoxy groups -OCH3 is 1. The molecule has 2 saturated heterocycles. The van der Waals surface area contributed by atoms with Gasteiger partial charge in [0.1, 0.15) is 10.6 Å². The summed E-state index contributed by atoms with van der Waals surface area (Å²) < 4.78 is 32.7. The zero-order valence-corrected chi connectivity index (χ0v) is 17.1. The molecule has 1 aromatic carbocycles. The number of nitrogens with one attached hydrogen (secondary N) is 1. The summed E-state index contributed by atoms with van der Waals surface area (Å²) in [7, 11) is -2.24. The number of carbonyl (C=O) groups is 1. The van der Waals surface area contributed by atoms with Gasteiger partial charge in [0, 0.05) is 30.7 Å². The van der Waals surface area contributed by atoms with E-state index in [9.17, 15) is 13.2 Å². The Hall–Kier alpha value is -1.64. The van der Waals surface area contributed by atoms with Crippen molar-refractivity contribution in [3.8, 4) is 5.75 Å². The van der Waals surface area contributed by atoms with Gasteiger partial charge in [-0.1, -0.05) is 6.42 Å². The van der Waals surface area contributed by atoms with Crippen LogP contribution in [0.5, 0.6) is 5.75 Å². The molecule has 0 saturated carbocycles. The first kappa shape index (κ1) is 20.1. The summed E-state index contributed by atoms with van der Waals surface area (Å²) >= 11 is 0. The molecule has 2 aliphatic rings. The Labute approximate surface area is 161 Å². The second-order valence-corrected chi connectivity index (χ2v) is 9.36. The van der Waals surface area contributed by atoms with Crippen molar-refractivity contribution in [3.05, 3.63) is 23.8 Å². The Balaban J connectivity index is 1.87. The van der Waals surface area contributed by atoms with E-state index in [1.54, 1.807) is 12.1 Å². The quantitative estimate of drug-likeness (QED) is 0.828. The van der Waals surface area contributed by atoms with Crippen molar-refractivity contribution >= 4 is 15.9 Å². The van der Waals surface area contributed by atoms with Crippen LogP contribution in [-0.2, 0) is 10.0 Å². The van der Waals surface area contributed by atoms with Gasteiger partial charge in [-0.25, -0.2) is 13.4 Å². The van der Waals surface area contributed by atoms with Gasteiger partial charge in [-0.15, -0.1) is 0 Å². The van der Waals surface area contributed by atoms with E-state index in [1.807, 2.05) is 5.01 Å². The zero-order valence-electron chi connectivity index (χ0n) is 16.3. The summed E-state index contributed by atoms with van der Waals surface area (Å²) in [4.78, 5) is 12.9. The van der Waals surface area contributed by atoms with Crippen LogP contribution >= 0.6 is 0 Å². The normalized spacial score (nSPS) is 24.7. The predicted molar refractivity (Wildman–Crippen MR) is 103 cm³/mol. The van der Waals surface area contributed by atoms with Gasteiger partial charge >= 0.3 is 0 Å². The molecule has 3 rings (SSSR count). The molecule has 2 aliphatic heterocycles. The second kappa shape index (κ2) is 8.16. The van der Waals surface area contributed by atoms with Crippen molar-refractivity contribution in [1.82, 2.24) is 14.7 Å². The van der Waals surface area contributed by atoms with E-state index in [0.29, 0.717) is 18.7 Å². The Morgan fingerprint density at radius 3 is 2.33 bits per heavy atom. The summed E-state index contributed by atoms with van der Waals surface area (Å²) in [6.45, 7) is 5.19. The van der Waals surface area contributed by atoms with Crippen LogP contribution in [0.2, 0.25) is 0 Å². The van der Waals surface area contributed by atoms with Crippen LogP contribution in [0.15, 0.2) is 23.1 Å². The number of piperidine rings is 1. The van der Waals surface area contributed by atoms with Crippen molar-refractivity contribution in [1.29, 1.82) is 0 Å². The third-order valence-electron chi connectivity index (χ3n) is 5.53. The minimum Gasteiger partial charge on any atom is -0.495 e. The average molecular weight is 396 g/mol. The van der Waals surface area contributed by atoms with Gasteiger partial charge in [-0.3, -0.25) is 10.2 Å². The number of benzene rings is 1. The summed E-state index contributed by atoms with van der Waals surface area (Å²) in [5, 5.41) is 1.98. The molecule has 0 aliphatic carbocycles. The van der Waals surface area contributed by atoms with Crippen LogP contribution in [0.4, 0.5) is 0 Å². The third kappa shape index (κ3) is 4.12. The lowest BCUT2D eigenvalue weighted by Gasteiger charge is -2.38. The highest BCUT2D eigenvalue weighted by molar-refractivity contribution is 7.89. The molecule has 150 valence electrons. The molecule has 0 radical (unpaired) electrons. The first-order valence-electron chi connectivity index (χ1n) is 9.62. The molecule has 0 unspecified atom stereocenters. The number of rotatable bonds is 5. The van der Waals surface area contributed by atoms with Crippen molar-refractivity contribution in [2.75, 3.05) is 20.2 Å². The highest BCUT2D eigenvalue weighted by Crippen LogP contribution is 2.30.